The Morgan fingerprint density at radius 3 is 2.72 bits per heavy atom. The number of pyridine rings is 1. The molecule has 0 aliphatic carbocycles. The summed E-state index contributed by atoms with van der Waals surface area (Å²) in [6.45, 7) is 0. The number of aromatic hydroxyl groups is 1. The molecule has 0 atom stereocenters. The summed E-state index contributed by atoms with van der Waals surface area (Å²) in [6, 6.07) is 10.0. The van der Waals surface area contributed by atoms with Crippen molar-refractivity contribution in [3.05, 3.63) is 52.6 Å². The van der Waals surface area contributed by atoms with Crippen LogP contribution in [0.5, 0.6) is 5.75 Å². The summed E-state index contributed by atoms with van der Waals surface area (Å²) < 4.78 is 0.555. The lowest BCUT2D eigenvalue weighted by Gasteiger charge is -2.16. The highest BCUT2D eigenvalue weighted by Crippen LogP contribution is 2.25. The Labute approximate surface area is 113 Å². The highest BCUT2D eigenvalue weighted by Gasteiger charge is 2.15. The highest BCUT2D eigenvalue weighted by molar-refractivity contribution is 9.10. The average molecular weight is 307 g/mol. The van der Waals surface area contributed by atoms with E-state index in [-0.39, 0.29) is 11.7 Å². The van der Waals surface area contributed by atoms with Crippen LogP contribution in [-0.2, 0) is 0 Å². The van der Waals surface area contributed by atoms with Crippen LogP contribution in [0, 0.1) is 0 Å². The third-order valence-corrected chi connectivity index (χ3v) is 3.16. The van der Waals surface area contributed by atoms with Crippen LogP contribution in [0.15, 0.2) is 47.1 Å². The van der Waals surface area contributed by atoms with E-state index in [0.29, 0.717) is 15.9 Å². The van der Waals surface area contributed by atoms with E-state index in [4.69, 9.17) is 0 Å². The van der Waals surface area contributed by atoms with Gasteiger partial charge in [0.1, 0.15) is 11.6 Å². The van der Waals surface area contributed by atoms with Crippen molar-refractivity contribution in [2.75, 3.05) is 11.9 Å². The van der Waals surface area contributed by atoms with Gasteiger partial charge in [0.25, 0.3) is 5.91 Å². The van der Waals surface area contributed by atoms with E-state index in [1.165, 1.54) is 11.0 Å². The summed E-state index contributed by atoms with van der Waals surface area (Å²) in [5.74, 6) is 0.372. The van der Waals surface area contributed by atoms with Crippen LogP contribution >= 0.6 is 15.9 Å². The number of anilines is 1. The van der Waals surface area contributed by atoms with Crippen molar-refractivity contribution in [2.45, 2.75) is 0 Å². The number of nitrogens with zero attached hydrogens (tertiary/aromatic N) is 2. The number of carbonyl (C=O) groups excluding carboxylic acids is 1. The van der Waals surface area contributed by atoms with E-state index < -0.39 is 0 Å². The molecule has 1 aromatic carbocycles. The van der Waals surface area contributed by atoms with Gasteiger partial charge in [-0.25, -0.2) is 4.98 Å². The number of phenolic OH excluding ortho intramolecular Hbond substituents is 1. The maximum absolute atomic E-state index is 12.2. The third kappa shape index (κ3) is 2.51. The number of aromatic nitrogens is 1. The lowest BCUT2D eigenvalue weighted by Crippen LogP contribution is -2.26. The first-order chi connectivity index (χ1) is 8.59. The van der Waals surface area contributed by atoms with Gasteiger partial charge in [-0.15, -0.1) is 0 Å². The summed E-state index contributed by atoms with van der Waals surface area (Å²) in [6.07, 6.45) is 1.62. The van der Waals surface area contributed by atoms with Crippen molar-refractivity contribution < 1.29 is 9.90 Å². The van der Waals surface area contributed by atoms with E-state index in [9.17, 15) is 9.90 Å². The molecule has 92 valence electrons. The molecule has 0 saturated heterocycles. The van der Waals surface area contributed by atoms with Gasteiger partial charge in [-0.2, -0.15) is 0 Å². The van der Waals surface area contributed by atoms with Gasteiger partial charge >= 0.3 is 0 Å². The fraction of sp³-hybridized carbons (Fsp3) is 0.0769. The zero-order valence-corrected chi connectivity index (χ0v) is 11.3. The Morgan fingerprint density at radius 2 is 2.11 bits per heavy atom. The third-order valence-electron chi connectivity index (χ3n) is 2.49. The van der Waals surface area contributed by atoms with E-state index >= 15 is 0 Å². The Morgan fingerprint density at radius 1 is 1.33 bits per heavy atom. The average Bonchev–Trinajstić information content (AvgIpc) is 2.41. The molecule has 0 bridgehead atoms. The van der Waals surface area contributed by atoms with Gasteiger partial charge in [0.15, 0.2) is 0 Å². The van der Waals surface area contributed by atoms with Crippen LogP contribution in [-0.4, -0.2) is 23.0 Å². The first-order valence-corrected chi connectivity index (χ1v) is 6.06. The van der Waals surface area contributed by atoms with Gasteiger partial charge in [-0.1, -0.05) is 6.07 Å². The molecule has 2 aromatic rings. The van der Waals surface area contributed by atoms with Gasteiger partial charge < -0.3 is 5.11 Å². The molecule has 0 aliphatic heterocycles. The molecule has 2 rings (SSSR count). The van der Waals surface area contributed by atoms with Crippen molar-refractivity contribution >= 4 is 27.7 Å². The molecular formula is C13H11BrN2O2. The number of hydrogen-bond donors (Lipinski definition) is 1. The van der Waals surface area contributed by atoms with E-state index in [0.717, 1.165) is 0 Å². The standard InChI is InChI=1S/C13H11BrN2O2/c1-16(12-4-2-3-7-15-12)13(18)9-5-6-10(14)11(17)8-9/h2-8,17H,1H3. The van der Waals surface area contributed by atoms with Crippen molar-refractivity contribution in [1.82, 2.24) is 4.98 Å². The van der Waals surface area contributed by atoms with Gasteiger partial charge in [0.2, 0.25) is 0 Å². The summed E-state index contributed by atoms with van der Waals surface area (Å²) in [7, 11) is 1.64. The number of carbonyl (C=O) groups is 1. The first kappa shape index (κ1) is 12.6. The van der Waals surface area contributed by atoms with Crippen molar-refractivity contribution in [1.29, 1.82) is 0 Å². The lowest BCUT2D eigenvalue weighted by molar-refractivity contribution is 0.0992. The fourth-order valence-corrected chi connectivity index (χ4v) is 1.74. The number of phenols is 1. The van der Waals surface area contributed by atoms with Crippen LogP contribution < -0.4 is 4.90 Å². The molecule has 0 unspecified atom stereocenters. The van der Waals surface area contributed by atoms with Crippen LogP contribution in [0.2, 0.25) is 0 Å². The Balaban J connectivity index is 2.29. The first-order valence-electron chi connectivity index (χ1n) is 5.27. The molecular weight excluding hydrogens is 296 g/mol. The summed E-state index contributed by atoms with van der Waals surface area (Å²) >= 11 is 3.17. The topological polar surface area (TPSA) is 53.4 Å². The number of halogens is 1. The SMILES string of the molecule is CN(C(=O)c1ccc(Br)c(O)c1)c1ccccn1. The Hall–Kier alpha value is -1.88. The normalized spacial score (nSPS) is 10.1. The summed E-state index contributed by atoms with van der Waals surface area (Å²) in [5.41, 5.74) is 0.406. The predicted octanol–water partition coefficient (Wildman–Crippen LogP) is 2.83. The lowest BCUT2D eigenvalue weighted by atomic mass is 10.2. The largest absolute Gasteiger partial charge is 0.507 e. The van der Waals surface area contributed by atoms with Crippen LogP contribution in [0.4, 0.5) is 5.82 Å². The number of hydrogen-bond acceptors (Lipinski definition) is 3. The minimum atomic E-state index is -0.225. The van der Waals surface area contributed by atoms with Crippen molar-refractivity contribution in [3.8, 4) is 5.75 Å². The van der Waals surface area contributed by atoms with E-state index in [1.54, 1.807) is 37.5 Å². The minimum absolute atomic E-state index is 0.0373. The number of benzene rings is 1. The number of rotatable bonds is 2. The smallest absolute Gasteiger partial charge is 0.259 e. The molecule has 1 aromatic heterocycles. The molecule has 0 aliphatic rings. The highest BCUT2D eigenvalue weighted by atomic mass is 79.9. The van der Waals surface area contributed by atoms with Gasteiger partial charge in [0, 0.05) is 18.8 Å². The second-order valence-corrected chi connectivity index (χ2v) is 4.57. The molecule has 1 amide bonds. The Bertz CT molecular complexity index is 572. The molecule has 0 radical (unpaired) electrons. The quantitative estimate of drug-likeness (QED) is 0.928. The Kier molecular flexibility index (Phi) is 3.62. The molecule has 0 spiro atoms. The summed E-state index contributed by atoms with van der Waals surface area (Å²) in [4.78, 5) is 17.7. The maximum Gasteiger partial charge on any atom is 0.259 e. The summed E-state index contributed by atoms with van der Waals surface area (Å²) in [5, 5.41) is 9.57. The zero-order chi connectivity index (χ0) is 13.1. The second-order valence-electron chi connectivity index (χ2n) is 3.72. The second kappa shape index (κ2) is 5.18. The van der Waals surface area contributed by atoms with Gasteiger partial charge in [-0.05, 0) is 46.3 Å². The molecule has 4 nitrogen and oxygen atoms in total. The van der Waals surface area contributed by atoms with E-state index in [1.807, 2.05) is 6.07 Å². The molecule has 0 fully saturated rings. The zero-order valence-electron chi connectivity index (χ0n) is 9.67. The fourth-order valence-electron chi connectivity index (χ4n) is 1.50. The van der Waals surface area contributed by atoms with Crippen LogP contribution in [0.3, 0.4) is 0 Å². The van der Waals surface area contributed by atoms with E-state index in [2.05, 4.69) is 20.9 Å². The molecule has 0 saturated carbocycles. The molecule has 5 heteroatoms. The van der Waals surface area contributed by atoms with Crippen molar-refractivity contribution in [3.63, 3.8) is 0 Å². The minimum Gasteiger partial charge on any atom is -0.507 e. The predicted molar refractivity (Wildman–Crippen MR) is 72.8 cm³/mol. The molecule has 1 N–H and O–H groups in total. The van der Waals surface area contributed by atoms with Crippen molar-refractivity contribution in [2.24, 2.45) is 0 Å². The maximum atomic E-state index is 12.2. The monoisotopic (exact) mass is 306 g/mol. The van der Waals surface area contributed by atoms with Crippen LogP contribution in [0.25, 0.3) is 0 Å². The molecule has 1 heterocycles. The van der Waals surface area contributed by atoms with Gasteiger partial charge in [0.05, 0.1) is 4.47 Å². The van der Waals surface area contributed by atoms with Gasteiger partial charge in [-0.3, -0.25) is 9.69 Å². The number of amides is 1. The molecule has 18 heavy (non-hydrogen) atoms. The van der Waals surface area contributed by atoms with Crippen LogP contribution in [0.1, 0.15) is 10.4 Å².